The van der Waals surface area contributed by atoms with Crippen LogP contribution in [0.4, 0.5) is 21.9 Å². The van der Waals surface area contributed by atoms with Gasteiger partial charge < -0.3 is 50.3 Å². The SMILES string of the molecule is CCCNC(=O)c1cc(NC(=O)c2cc(NC(=O)CCNC(=O)c3cc(NC(=O)CCCNC(=O)OC(C)(C)C)cn3C)cn2C)cn1C. The molecular formula is C33H47N9O7. The average Bonchev–Trinajstić information content (AvgIpc) is 3.68. The molecule has 0 saturated carbocycles. The molecule has 16 nitrogen and oxygen atoms in total. The fourth-order valence-corrected chi connectivity index (χ4v) is 4.68. The highest BCUT2D eigenvalue weighted by Crippen LogP contribution is 2.18. The van der Waals surface area contributed by atoms with Crippen molar-refractivity contribution in [1.29, 1.82) is 0 Å². The lowest BCUT2D eigenvalue weighted by Gasteiger charge is -2.19. The van der Waals surface area contributed by atoms with Crippen molar-refractivity contribution in [3.8, 4) is 0 Å². The Kier molecular flexibility index (Phi) is 13.2. The predicted octanol–water partition coefficient (Wildman–Crippen LogP) is 3.10. The lowest BCUT2D eigenvalue weighted by atomic mass is 10.2. The zero-order valence-electron chi connectivity index (χ0n) is 29.1. The summed E-state index contributed by atoms with van der Waals surface area (Å²) in [4.78, 5) is 74.7. The molecule has 3 rings (SSSR count). The summed E-state index contributed by atoms with van der Waals surface area (Å²) in [5.74, 6) is -1.73. The Bertz CT molecular complexity index is 1680. The third-order valence-corrected chi connectivity index (χ3v) is 6.96. The van der Waals surface area contributed by atoms with Crippen molar-refractivity contribution in [2.24, 2.45) is 21.1 Å². The molecule has 266 valence electrons. The number of nitrogens with zero attached hydrogens (tertiary/aromatic N) is 3. The summed E-state index contributed by atoms with van der Waals surface area (Å²) >= 11 is 0. The van der Waals surface area contributed by atoms with Crippen LogP contribution in [0.2, 0.25) is 0 Å². The van der Waals surface area contributed by atoms with Crippen molar-refractivity contribution in [2.75, 3.05) is 35.6 Å². The van der Waals surface area contributed by atoms with Gasteiger partial charge in [0, 0.05) is 72.2 Å². The molecule has 0 aliphatic heterocycles. The van der Waals surface area contributed by atoms with Crippen molar-refractivity contribution in [2.45, 2.75) is 59.0 Å². The van der Waals surface area contributed by atoms with Crippen LogP contribution in [0, 0.1) is 0 Å². The third-order valence-electron chi connectivity index (χ3n) is 6.96. The number of alkyl carbamates (subject to hydrolysis) is 1. The van der Waals surface area contributed by atoms with Crippen molar-refractivity contribution in [1.82, 2.24) is 29.7 Å². The number of amides is 6. The molecule has 0 saturated heterocycles. The van der Waals surface area contributed by atoms with Crippen LogP contribution in [0.1, 0.15) is 84.8 Å². The van der Waals surface area contributed by atoms with Gasteiger partial charge in [-0.15, -0.1) is 0 Å². The summed E-state index contributed by atoms with van der Waals surface area (Å²) in [6.45, 7) is 8.11. The van der Waals surface area contributed by atoms with Crippen molar-refractivity contribution >= 4 is 52.7 Å². The van der Waals surface area contributed by atoms with Crippen LogP contribution in [-0.2, 0) is 35.5 Å². The molecule has 0 radical (unpaired) electrons. The number of aryl methyl sites for hydroxylation is 3. The minimum absolute atomic E-state index is 0.0274. The Labute approximate surface area is 285 Å². The van der Waals surface area contributed by atoms with Crippen LogP contribution >= 0.6 is 0 Å². The number of carbonyl (C=O) groups is 6. The van der Waals surface area contributed by atoms with Gasteiger partial charge in [0.25, 0.3) is 17.7 Å². The van der Waals surface area contributed by atoms with Crippen LogP contribution in [0.5, 0.6) is 0 Å². The number of carbonyl (C=O) groups excluding carboxylic acids is 6. The highest BCUT2D eigenvalue weighted by atomic mass is 16.6. The fourth-order valence-electron chi connectivity index (χ4n) is 4.68. The quantitative estimate of drug-likeness (QED) is 0.132. The minimum atomic E-state index is -0.606. The monoisotopic (exact) mass is 681 g/mol. The summed E-state index contributed by atoms with van der Waals surface area (Å²) in [6.07, 6.45) is 5.62. The molecule has 0 fully saturated rings. The molecule has 49 heavy (non-hydrogen) atoms. The summed E-state index contributed by atoms with van der Waals surface area (Å²) in [7, 11) is 5.04. The second-order valence-corrected chi connectivity index (χ2v) is 12.5. The van der Waals surface area contributed by atoms with Crippen LogP contribution < -0.4 is 31.9 Å². The van der Waals surface area contributed by atoms with Crippen molar-refractivity contribution in [3.63, 3.8) is 0 Å². The molecule has 0 spiro atoms. The molecule has 6 N–H and O–H groups in total. The molecule has 0 aliphatic carbocycles. The zero-order valence-corrected chi connectivity index (χ0v) is 29.1. The predicted molar refractivity (Wildman–Crippen MR) is 184 cm³/mol. The maximum Gasteiger partial charge on any atom is 0.407 e. The average molecular weight is 682 g/mol. The van der Waals surface area contributed by atoms with E-state index in [1.807, 2.05) is 6.92 Å². The molecule has 0 aromatic carbocycles. The fraction of sp³-hybridized carbons (Fsp3) is 0.455. The smallest absolute Gasteiger partial charge is 0.407 e. The number of rotatable bonds is 15. The van der Waals surface area contributed by atoms with Crippen LogP contribution in [-0.4, -0.2) is 74.6 Å². The van der Waals surface area contributed by atoms with Gasteiger partial charge in [-0.25, -0.2) is 4.79 Å². The van der Waals surface area contributed by atoms with E-state index in [0.717, 1.165) is 6.42 Å². The number of hydrogen-bond donors (Lipinski definition) is 6. The number of hydrogen-bond acceptors (Lipinski definition) is 7. The summed E-state index contributed by atoms with van der Waals surface area (Å²) < 4.78 is 9.91. The Balaban J connectivity index is 1.42. The standard InChI is InChI=1S/C33H47N9O7/c1-8-12-34-29(45)25-17-23(20-41(25)6)39-31(47)26-16-22(19-42(26)7)38-28(44)11-14-35-30(46)24-15-21(18-40(24)5)37-27(43)10-9-13-36-32(48)49-33(2,3)4/h15-20H,8-14H2,1-7H3,(H,34,45)(H,35,46)(H,36,48)(H,37,43)(H,38,44)(H,39,47). The van der Waals surface area contributed by atoms with E-state index in [0.29, 0.717) is 35.7 Å². The van der Waals surface area contributed by atoms with Gasteiger partial charge in [-0.2, -0.15) is 0 Å². The van der Waals surface area contributed by atoms with E-state index in [4.69, 9.17) is 4.74 Å². The highest BCUT2D eigenvalue weighted by molar-refractivity contribution is 6.05. The number of anilines is 3. The highest BCUT2D eigenvalue weighted by Gasteiger charge is 2.19. The molecule has 3 aromatic rings. The maximum atomic E-state index is 12.9. The van der Waals surface area contributed by atoms with Gasteiger partial charge in [0.1, 0.15) is 22.7 Å². The number of nitrogens with one attached hydrogen (secondary N) is 6. The molecule has 0 aliphatic rings. The maximum absolute atomic E-state index is 12.9. The Morgan fingerprint density at radius 2 is 1.06 bits per heavy atom. The van der Waals surface area contributed by atoms with Crippen LogP contribution in [0.25, 0.3) is 0 Å². The van der Waals surface area contributed by atoms with E-state index >= 15 is 0 Å². The van der Waals surface area contributed by atoms with Gasteiger partial charge in [-0.1, -0.05) is 6.92 Å². The van der Waals surface area contributed by atoms with Crippen molar-refractivity contribution in [3.05, 3.63) is 53.9 Å². The third kappa shape index (κ3) is 11.9. The van der Waals surface area contributed by atoms with Gasteiger partial charge in [-0.3, -0.25) is 24.0 Å². The van der Waals surface area contributed by atoms with E-state index in [2.05, 4.69) is 31.9 Å². The van der Waals surface area contributed by atoms with Gasteiger partial charge in [0.2, 0.25) is 11.8 Å². The molecule has 16 heteroatoms. The molecule has 6 amide bonds. The van der Waals surface area contributed by atoms with Crippen molar-refractivity contribution < 1.29 is 33.5 Å². The normalized spacial score (nSPS) is 11.0. The molecular weight excluding hydrogens is 634 g/mol. The molecule has 3 heterocycles. The second-order valence-electron chi connectivity index (χ2n) is 12.5. The number of ether oxygens (including phenoxy) is 1. The topological polar surface area (TPSA) is 199 Å². The number of aromatic nitrogens is 3. The van der Waals surface area contributed by atoms with E-state index in [1.54, 1.807) is 80.3 Å². The molecule has 0 bridgehead atoms. The second kappa shape index (κ2) is 17.0. The Morgan fingerprint density at radius 1 is 0.612 bits per heavy atom. The summed E-state index contributed by atoms with van der Waals surface area (Å²) in [5.41, 5.74) is 1.67. The lowest BCUT2D eigenvalue weighted by molar-refractivity contribution is -0.117. The molecule has 3 aromatic heterocycles. The lowest BCUT2D eigenvalue weighted by Crippen LogP contribution is -2.33. The van der Waals surface area contributed by atoms with Gasteiger partial charge in [-0.05, 0) is 51.8 Å². The van der Waals surface area contributed by atoms with Crippen LogP contribution in [0.3, 0.4) is 0 Å². The van der Waals surface area contributed by atoms with E-state index in [9.17, 15) is 28.8 Å². The largest absolute Gasteiger partial charge is 0.444 e. The Morgan fingerprint density at radius 3 is 1.55 bits per heavy atom. The first-order chi connectivity index (χ1) is 23.1. The van der Waals surface area contributed by atoms with Gasteiger partial charge in [0.05, 0.1) is 17.1 Å². The first kappa shape index (κ1) is 37.9. The molecule has 0 unspecified atom stereocenters. The van der Waals surface area contributed by atoms with E-state index in [1.165, 1.54) is 12.1 Å². The summed E-state index contributed by atoms with van der Waals surface area (Å²) in [5, 5.41) is 16.3. The first-order valence-electron chi connectivity index (χ1n) is 16.0. The zero-order chi connectivity index (χ0) is 36.3. The first-order valence-corrected chi connectivity index (χ1v) is 16.0. The summed E-state index contributed by atoms with van der Waals surface area (Å²) in [6, 6.07) is 4.65. The van der Waals surface area contributed by atoms with E-state index < -0.39 is 23.5 Å². The van der Waals surface area contributed by atoms with Crippen LogP contribution in [0.15, 0.2) is 36.8 Å². The van der Waals surface area contributed by atoms with Gasteiger partial charge >= 0.3 is 6.09 Å². The Hall–Kier alpha value is -5.54. The molecule has 0 atom stereocenters. The van der Waals surface area contributed by atoms with Gasteiger partial charge in [0.15, 0.2) is 0 Å². The minimum Gasteiger partial charge on any atom is -0.444 e. The van der Waals surface area contributed by atoms with E-state index in [-0.39, 0.29) is 55.0 Å².